The highest BCUT2D eigenvalue weighted by Crippen LogP contribution is 2.47. The maximum absolute atomic E-state index is 12.2. The number of amides is 1. The van der Waals surface area contributed by atoms with E-state index in [0.717, 1.165) is 11.8 Å². The van der Waals surface area contributed by atoms with E-state index in [4.69, 9.17) is 9.47 Å². The number of nitrogens with one attached hydrogen (secondary N) is 2. The van der Waals surface area contributed by atoms with Gasteiger partial charge in [0.25, 0.3) is 0 Å². The average molecular weight is 410 g/mol. The van der Waals surface area contributed by atoms with Crippen molar-refractivity contribution in [2.24, 2.45) is 5.92 Å². The summed E-state index contributed by atoms with van der Waals surface area (Å²) in [5.41, 5.74) is 1.35. The Kier molecular flexibility index (Phi) is 5.24. The highest BCUT2D eigenvalue weighted by molar-refractivity contribution is 7.92. The van der Waals surface area contributed by atoms with Crippen LogP contribution in [-0.2, 0) is 19.6 Å². The molecule has 8 nitrogen and oxygen atoms in total. The number of ether oxygens (including phenoxy) is 2. The average Bonchev–Trinajstić information content (AvgIpc) is 3.39. The lowest BCUT2D eigenvalue weighted by molar-refractivity contribution is -0.142. The molecule has 0 bridgehead atoms. The van der Waals surface area contributed by atoms with Gasteiger partial charge in [-0.1, -0.05) is 0 Å². The van der Waals surface area contributed by atoms with Gasteiger partial charge in [0.1, 0.15) is 18.0 Å². The van der Waals surface area contributed by atoms with Gasteiger partial charge >= 0.3 is 0 Å². The van der Waals surface area contributed by atoms with Crippen molar-refractivity contribution in [1.29, 1.82) is 0 Å². The molecule has 154 valence electrons. The highest BCUT2D eigenvalue weighted by atomic mass is 32.2. The van der Waals surface area contributed by atoms with Crippen LogP contribution in [0.5, 0.6) is 5.75 Å². The van der Waals surface area contributed by atoms with Crippen LogP contribution in [-0.4, -0.2) is 57.2 Å². The van der Waals surface area contributed by atoms with E-state index < -0.39 is 16.1 Å². The third kappa shape index (κ3) is 4.42. The number of carbonyl (C=O) groups is 1. The molecule has 1 amide bonds. The minimum absolute atomic E-state index is 0.0429. The van der Waals surface area contributed by atoms with Crippen molar-refractivity contribution >= 4 is 21.6 Å². The number of hydrogen-bond donors (Lipinski definition) is 3. The number of hydrogen-bond acceptors (Lipinski definition) is 6. The Morgan fingerprint density at radius 3 is 2.79 bits per heavy atom. The van der Waals surface area contributed by atoms with Crippen LogP contribution in [0.2, 0.25) is 0 Å². The van der Waals surface area contributed by atoms with Crippen LogP contribution in [0, 0.1) is 5.92 Å². The molecule has 1 aromatic rings. The van der Waals surface area contributed by atoms with Crippen LogP contribution >= 0.6 is 0 Å². The molecule has 0 unspecified atom stereocenters. The van der Waals surface area contributed by atoms with Crippen LogP contribution in [0.25, 0.3) is 0 Å². The lowest BCUT2D eigenvalue weighted by Crippen LogP contribution is -2.47. The molecule has 1 saturated carbocycles. The molecule has 0 aromatic heterocycles. The predicted molar refractivity (Wildman–Crippen MR) is 103 cm³/mol. The minimum Gasteiger partial charge on any atom is -0.487 e. The summed E-state index contributed by atoms with van der Waals surface area (Å²) in [5.74, 6) is 1.17. The number of sulfonamides is 1. The van der Waals surface area contributed by atoms with Crippen molar-refractivity contribution in [2.75, 3.05) is 24.1 Å². The number of anilines is 1. The Balaban J connectivity index is 1.48. The molecule has 4 rings (SSSR count). The lowest BCUT2D eigenvalue weighted by Gasteiger charge is -2.37. The van der Waals surface area contributed by atoms with E-state index in [0.29, 0.717) is 30.3 Å². The quantitative estimate of drug-likeness (QED) is 0.617. The van der Waals surface area contributed by atoms with Gasteiger partial charge in [-0.15, -0.1) is 0 Å². The SMILES string of the molecule is CS(=O)(=O)Nc1ccc2c(c1)[C@H]1C[C@@H](CC(=O)NCC3CC3)O[C@@H](CO)[C@H]1O2. The van der Waals surface area contributed by atoms with Gasteiger partial charge in [0.15, 0.2) is 0 Å². The first kappa shape index (κ1) is 19.5. The number of benzene rings is 1. The van der Waals surface area contributed by atoms with E-state index in [1.807, 2.05) is 0 Å². The van der Waals surface area contributed by atoms with Gasteiger partial charge in [-0.3, -0.25) is 9.52 Å². The summed E-state index contributed by atoms with van der Waals surface area (Å²) in [5, 5.41) is 12.7. The molecule has 2 aliphatic heterocycles. The molecule has 3 aliphatic rings. The molecule has 28 heavy (non-hydrogen) atoms. The molecule has 4 atom stereocenters. The zero-order valence-corrected chi connectivity index (χ0v) is 16.6. The molecular weight excluding hydrogens is 384 g/mol. The van der Waals surface area contributed by atoms with Gasteiger partial charge in [0.05, 0.1) is 25.4 Å². The van der Waals surface area contributed by atoms with Crippen LogP contribution in [0.15, 0.2) is 18.2 Å². The molecule has 3 N–H and O–H groups in total. The Labute approximate surface area is 164 Å². The van der Waals surface area contributed by atoms with Crippen molar-refractivity contribution in [3.63, 3.8) is 0 Å². The van der Waals surface area contributed by atoms with Crippen LogP contribution in [0.4, 0.5) is 5.69 Å². The molecule has 2 fully saturated rings. The van der Waals surface area contributed by atoms with Gasteiger partial charge in [-0.05, 0) is 43.4 Å². The van der Waals surface area contributed by atoms with Crippen LogP contribution < -0.4 is 14.8 Å². The summed E-state index contributed by atoms with van der Waals surface area (Å²) >= 11 is 0. The molecule has 0 spiro atoms. The van der Waals surface area contributed by atoms with Gasteiger partial charge in [0, 0.05) is 23.7 Å². The van der Waals surface area contributed by atoms with E-state index in [9.17, 15) is 18.3 Å². The Hall–Kier alpha value is -1.84. The Morgan fingerprint density at radius 2 is 2.11 bits per heavy atom. The standard InChI is InChI=1S/C19H26N2O6S/c1-28(24,25)21-12-4-5-16-14(6-12)15-7-13(26-17(10-22)19(15)27-16)8-18(23)20-9-11-2-3-11/h4-6,11,13,15,17,19,21-22H,2-3,7-10H2,1H3,(H,20,23)/t13-,15+,17-,19-/m0/s1. The van der Waals surface area contributed by atoms with E-state index >= 15 is 0 Å². The molecule has 1 aromatic carbocycles. The fourth-order valence-electron chi connectivity index (χ4n) is 4.03. The lowest BCUT2D eigenvalue weighted by atomic mass is 9.84. The topological polar surface area (TPSA) is 114 Å². The third-order valence-corrected chi connectivity index (χ3v) is 6.11. The minimum atomic E-state index is -3.38. The number of fused-ring (bicyclic) bond motifs is 3. The smallest absolute Gasteiger partial charge is 0.229 e. The monoisotopic (exact) mass is 410 g/mol. The molecule has 0 radical (unpaired) electrons. The normalized spacial score (nSPS) is 28.8. The summed E-state index contributed by atoms with van der Waals surface area (Å²) in [6, 6.07) is 5.15. The maximum atomic E-state index is 12.2. The Morgan fingerprint density at radius 1 is 1.32 bits per heavy atom. The van der Waals surface area contributed by atoms with E-state index in [1.54, 1.807) is 18.2 Å². The van der Waals surface area contributed by atoms with E-state index in [2.05, 4.69) is 10.0 Å². The first-order valence-corrected chi connectivity index (χ1v) is 11.5. The zero-order valence-electron chi connectivity index (χ0n) is 15.8. The van der Waals surface area contributed by atoms with Crippen molar-refractivity contribution in [3.8, 4) is 5.75 Å². The number of rotatable bonds is 7. The zero-order chi connectivity index (χ0) is 19.9. The molecule has 1 saturated heterocycles. The Bertz CT molecular complexity index is 854. The van der Waals surface area contributed by atoms with Crippen molar-refractivity contribution < 1.29 is 27.8 Å². The van der Waals surface area contributed by atoms with Crippen molar-refractivity contribution in [2.45, 2.75) is 49.9 Å². The van der Waals surface area contributed by atoms with E-state index in [1.165, 1.54) is 12.8 Å². The van der Waals surface area contributed by atoms with Gasteiger partial charge in [0.2, 0.25) is 15.9 Å². The second-order valence-corrected chi connectivity index (χ2v) is 9.73. The second-order valence-electron chi connectivity index (χ2n) is 7.98. The van der Waals surface area contributed by atoms with Crippen molar-refractivity contribution in [3.05, 3.63) is 23.8 Å². The molecule has 9 heteroatoms. The fraction of sp³-hybridized carbons (Fsp3) is 0.632. The van der Waals surface area contributed by atoms with Gasteiger partial charge in [-0.25, -0.2) is 8.42 Å². The summed E-state index contributed by atoms with van der Waals surface area (Å²) in [6.45, 7) is 0.511. The highest BCUT2D eigenvalue weighted by Gasteiger charge is 2.46. The van der Waals surface area contributed by atoms with E-state index in [-0.39, 0.29) is 37.1 Å². The van der Waals surface area contributed by atoms with Crippen molar-refractivity contribution in [1.82, 2.24) is 5.32 Å². The first-order chi connectivity index (χ1) is 13.3. The summed E-state index contributed by atoms with van der Waals surface area (Å²) in [4.78, 5) is 12.2. The number of aliphatic hydroxyl groups is 1. The second kappa shape index (κ2) is 7.53. The predicted octanol–water partition coefficient (Wildman–Crippen LogP) is 0.969. The third-order valence-electron chi connectivity index (χ3n) is 5.50. The van der Waals surface area contributed by atoms with Crippen LogP contribution in [0.1, 0.15) is 37.2 Å². The molecule has 1 aliphatic carbocycles. The fourth-order valence-corrected chi connectivity index (χ4v) is 4.58. The summed E-state index contributed by atoms with van der Waals surface area (Å²) in [6.07, 6.45) is 3.07. The summed E-state index contributed by atoms with van der Waals surface area (Å²) < 4.78 is 37.5. The molecular formula is C19H26N2O6S. The first-order valence-electron chi connectivity index (χ1n) is 9.64. The molecule has 2 heterocycles. The maximum Gasteiger partial charge on any atom is 0.229 e. The van der Waals surface area contributed by atoms with Gasteiger partial charge in [-0.2, -0.15) is 0 Å². The van der Waals surface area contributed by atoms with Gasteiger partial charge < -0.3 is 19.9 Å². The largest absolute Gasteiger partial charge is 0.487 e. The van der Waals surface area contributed by atoms with Crippen LogP contribution in [0.3, 0.4) is 0 Å². The summed E-state index contributed by atoms with van der Waals surface area (Å²) in [7, 11) is -3.38. The number of carbonyl (C=O) groups excluding carboxylic acids is 1. The number of aliphatic hydroxyl groups excluding tert-OH is 1.